The Labute approximate surface area is 127 Å². The maximum atomic E-state index is 5.90. The molecule has 1 heterocycles. The Morgan fingerprint density at radius 3 is 2.80 bits per heavy atom. The van der Waals surface area contributed by atoms with Gasteiger partial charge in [-0.05, 0) is 36.6 Å². The zero-order valence-corrected chi connectivity index (χ0v) is 13.4. The van der Waals surface area contributed by atoms with Gasteiger partial charge in [0.05, 0.1) is 0 Å². The summed E-state index contributed by atoms with van der Waals surface area (Å²) in [7, 11) is 0. The van der Waals surface area contributed by atoms with Gasteiger partial charge in [0.25, 0.3) is 0 Å². The van der Waals surface area contributed by atoms with Gasteiger partial charge in [0, 0.05) is 23.3 Å². The van der Waals surface area contributed by atoms with Crippen molar-refractivity contribution in [3.8, 4) is 11.6 Å². The van der Waals surface area contributed by atoms with E-state index >= 15 is 0 Å². The van der Waals surface area contributed by atoms with E-state index in [1.54, 1.807) is 12.3 Å². The first-order valence-corrected chi connectivity index (χ1v) is 7.43. The van der Waals surface area contributed by atoms with E-state index in [1.807, 2.05) is 19.1 Å². The summed E-state index contributed by atoms with van der Waals surface area (Å²) in [6.45, 7) is 7.05. The lowest BCUT2D eigenvalue weighted by Gasteiger charge is -2.14. The Hall–Kier alpha value is -1.62. The van der Waals surface area contributed by atoms with Crippen LogP contribution in [0.4, 0.5) is 5.95 Å². The molecule has 2 rings (SSSR count). The van der Waals surface area contributed by atoms with Crippen LogP contribution in [0, 0.1) is 0 Å². The van der Waals surface area contributed by atoms with Crippen LogP contribution in [0.15, 0.2) is 34.9 Å². The Morgan fingerprint density at radius 1 is 1.30 bits per heavy atom. The Morgan fingerprint density at radius 2 is 2.10 bits per heavy atom. The topological polar surface area (TPSA) is 47.0 Å². The predicted molar refractivity (Wildman–Crippen MR) is 84.5 cm³/mol. The molecule has 20 heavy (non-hydrogen) atoms. The molecule has 0 amide bonds. The van der Waals surface area contributed by atoms with Crippen molar-refractivity contribution in [2.75, 3.05) is 11.9 Å². The quantitative estimate of drug-likeness (QED) is 0.868. The monoisotopic (exact) mass is 335 g/mol. The van der Waals surface area contributed by atoms with Crippen molar-refractivity contribution in [2.24, 2.45) is 0 Å². The Bertz CT molecular complexity index is 587. The summed E-state index contributed by atoms with van der Waals surface area (Å²) in [5, 5.41) is 3.07. The number of anilines is 1. The highest BCUT2D eigenvalue weighted by Gasteiger charge is 2.10. The average Bonchev–Trinajstić information content (AvgIpc) is 2.41. The fraction of sp³-hybridized carbons (Fsp3) is 0.333. The third-order valence-corrected chi connectivity index (χ3v) is 3.27. The van der Waals surface area contributed by atoms with Crippen LogP contribution in [0.5, 0.6) is 11.6 Å². The number of aromatic nitrogens is 2. The van der Waals surface area contributed by atoms with Gasteiger partial charge in [-0.2, -0.15) is 4.98 Å². The number of nitrogens with zero attached hydrogens (tertiary/aromatic N) is 2. The lowest BCUT2D eigenvalue weighted by Crippen LogP contribution is -2.03. The van der Waals surface area contributed by atoms with Gasteiger partial charge in [-0.1, -0.05) is 29.8 Å². The van der Waals surface area contributed by atoms with Crippen LogP contribution in [0.25, 0.3) is 0 Å². The second kappa shape index (κ2) is 6.70. The van der Waals surface area contributed by atoms with E-state index in [4.69, 9.17) is 4.74 Å². The van der Waals surface area contributed by atoms with Gasteiger partial charge in [0.1, 0.15) is 5.75 Å². The maximum Gasteiger partial charge on any atom is 0.225 e. The predicted octanol–water partition coefficient (Wildman–Crippen LogP) is 4.59. The molecule has 0 aliphatic heterocycles. The molecule has 0 saturated heterocycles. The summed E-state index contributed by atoms with van der Waals surface area (Å²) in [6.07, 6.45) is 1.69. The van der Waals surface area contributed by atoms with E-state index in [2.05, 4.69) is 51.1 Å². The highest BCUT2D eigenvalue weighted by molar-refractivity contribution is 9.10. The zero-order valence-electron chi connectivity index (χ0n) is 11.9. The lowest BCUT2D eigenvalue weighted by atomic mass is 10.0. The molecule has 0 atom stereocenters. The molecule has 2 aromatic rings. The van der Waals surface area contributed by atoms with Crippen molar-refractivity contribution in [1.82, 2.24) is 9.97 Å². The SMILES string of the molecule is CCNc1nccc(Oc2ccc(Br)cc2C(C)C)n1. The molecule has 0 aliphatic rings. The summed E-state index contributed by atoms with van der Waals surface area (Å²) in [5.41, 5.74) is 1.14. The number of nitrogens with one attached hydrogen (secondary N) is 1. The average molecular weight is 336 g/mol. The van der Waals surface area contributed by atoms with Crippen molar-refractivity contribution in [2.45, 2.75) is 26.7 Å². The lowest BCUT2D eigenvalue weighted by molar-refractivity contribution is 0.453. The van der Waals surface area contributed by atoms with E-state index in [0.717, 1.165) is 22.3 Å². The Balaban J connectivity index is 2.27. The molecule has 0 fully saturated rings. The molecule has 0 spiro atoms. The van der Waals surface area contributed by atoms with Crippen LogP contribution in [0.3, 0.4) is 0 Å². The zero-order chi connectivity index (χ0) is 14.5. The maximum absolute atomic E-state index is 5.90. The largest absolute Gasteiger partial charge is 0.439 e. The van der Waals surface area contributed by atoms with Crippen molar-refractivity contribution in [1.29, 1.82) is 0 Å². The second-order valence-electron chi connectivity index (χ2n) is 4.69. The van der Waals surface area contributed by atoms with Crippen LogP contribution in [-0.2, 0) is 0 Å². The smallest absolute Gasteiger partial charge is 0.225 e. The molecule has 1 aromatic heterocycles. The standard InChI is InChI=1S/C15H18BrN3O/c1-4-17-15-18-8-7-14(19-15)20-13-6-5-11(16)9-12(13)10(2)3/h5-10H,4H2,1-3H3,(H,17,18,19). The molecule has 0 saturated carbocycles. The summed E-state index contributed by atoms with van der Waals surface area (Å²) in [5.74, 6) is 2.32. The summed E-state index contributed by atoms with van der Waals surface area (Å²) in [4.78, 5) is 8.46. The first-order chi connectivity index (χ1) is 9.60. The molecule has 0 radical (unpaired) electrons. The number of hydrogen-bond donors (Lipinski definition) is 1. The molecule has 0 bridgehead atoms. The molecule has 0 aliphatic carbocycles. The molecule has 1 N–H and O–H groups in total. The van der Waals surface area contributed by atoms with Crippen molar-refractivity contribution in [3.63, 3.8) is 0 Å². The molecule has 5 heteroatoms. The van der Waals surface area contributed by atoms with Crippen LogP contribution >= 0.6 is 15.9 Å². The third kappa shape index (κ3) is 3.70. The van der Waals surface area contributed by atoms with E-state index in [-0.39, 0.29) is 0 Å². The molecular formula is C15H18BrN3O. The minimum atomic E-state index is 0.373. The van der Waals surface area contributed by atoms with Crippen LogP contribution < -0.4 is 10.1 Å². The number of rotatable bonds is 5. The number of halogens is 1. The van der Waals surface area contributed by atoms with Crippen molar-refractivity contribution >= 4 is 21.9 Å². The van der Waals surface area contributed by atoms with E-state index in [9.17, 15) is 0 Å². The number of hydrogen-bond acceptors (Lipinski definition) is 4. The summed E-state index contributed by atoms with van der Waals surface area (Å²) < 4.78 is 6.95. The number of benzene rings is 1. The van der Waals surface area contributed by atoms with Gasteiger partial charge in [0.15, 0.2) is 0 Å². The van der Waals surface area contributed by atoms with Gasteiger partial charge in [-0.3, -0.25) is 0 Å². The fourth-order valence-electron chi connectivity index (χ4n) is 1.82. The first-order valence-electron chi connectivity index (χ1n) is 6.64. The minimum Gasteiger partial charge on any atom is -0.439 e. The van der Waals surface area contributed by atoms with Crippen LogP contribution in [0.1, 0.15) is 32.3 Å². The van der Waals surface area contributed by atoms with Gasteiger partial charge < -0.3 is 10.1 Å². The van der Waals surface area contributed by atoms with Gasteiger partial charge in [-0.15, -0.1) is 0 Å². The highest BCUT2D eigenvalue weighted by Crippen LogP contribution is 2.32. The Kier molecular flexibility index (Phi) is 4.95. The van der Waals surface area contributed by atoms with Crippen molar-refractivity contribution in [3.05, 3.63) is 40.5 Å². The molecule has 4 nitrogen and oxygen atoms in total. The molecule has 0 unspecified atom stereocenters. The second-order valence-corrected chi connectivity index (χ2v) is 5.60. The van der Waals surface area contributed by atoms with E-state index in [1.165, 1.54) is 0 Å². The minimum absolute atomic E-state index is 0.373. The fourth-order valence-corrected chi connectivity index (χ4v) is 2.20. The molecule has 1 aromatic carbocycles. The van der Waals surface area contributed by atoms with E-state index in [0.29, 0.717) is 17.7 Å². The first kappa shape index (κ1) is 14.8. The van der Waals surface area contributed by atoms with E-state index < -0.39 is 0 Å². The highest BCUT2D eigenvalue weighted by atomic mass is 79.9. The third-order valence-electron chi connectivity index (χ3n) is 2.77. The summed E-state index contributed by atoms with van der Waals surface area (Å²) >= 11 is 3.49. The number of ether oxygens (including phenoxy) is 1. The summed E-state index contributed by atoms with van der Waals surface area (Å²) in [6, 6.07) is 7.75. The normalized spacial score (nSPS) is 10.7. The van der Waals surface area contributed by atoms with Gasteiger partial charge in [-0.25, -0.2) is 4.98 Å². The van der Waals surface area contributed by atoms with Crippen molar-refractivity contribution < 1.29 is 4.74 Å². The molecule has 106 valence electrons. The molecular weight excluding hydrogens is 318 g/mol. The van der Waals surface area contributed by atoms with Crippen LogP contribution in [0.2, 0.25) is 0 Å². The van der Waals surface area contributed by atoms with Gasteiger partial charge in [0.2, 0.25) is 11.8 Å². The van der Waals surface area contributed by atoms with Gasteiger partial charge >= 0.3 is 0 Å². The van der Waals surface area contributed by atoms with Crippen LogP contribution in [-0.4, -0.2) is 16.5 Å².